The summed E-state index contributed by atoms with van der Waals surface area (Å²) in [5, 5.41) is 18.3. The number of halogens is 1. The van der Waals surface area contributed by atoms with Gasteiger partial charge in [0.05, 0.1) is 35.5 Å². The third kappa shape index (κ3) is 5.30. The van der Waals surface area contributed by atoms with Gasteiger partial charge in [0.2, 0.25) is 5.88 Å². The number of thiophene rings is 1. The Bertz CT molecular complexity index is 1750. The van der Waals surface area contributed by atoms with Gasteiger partial charge in [-0.1, -0.05) is 36.4 Å². The van der Waals surface area contributed by atoms with E-state index in [9.17, 15) is 14.3 Å². The lowest BCUT2D eigenvalue weighted by atomic mass is 10.1. The number of aromatic nitrogens is 3. The van der Waals surface area contributed by atoms with E-state index in [2.05, 4.69) is 9.55 Å². The second kappa shape index (κ2) is 10.9. The molecule has 0 amide bonds. The normalized spacial score (nSPS) is 14.6. The van der Waals surface area contributed by atoms with Crippen LogP contribution in [0.3, 0.4) is 0 Å². The zero-order chi connectivity index (χ0) is 27.6. The SMILES string of the molecule is N#Cc1ccc(COc2cccc(-c3ccc(Cc4nc5sc(C(=O)O)cc5n4CC4CCO4)cc3)n2)c(F)c1. The van der Waals surface area contributed by atoms with Gasteiger partial charge in [0.25, 0.3) is 0 Å². The molecule has 0 spiro atoms. The van der Waals surface area contributed by atoms with Gasteiger partial charge in [-0.2, -0.15) is 5.26 Å². The third-order valence-corrected chi connectivity index (χ3v) is 7.82. The van der Waals surface area contributed by atoms with Crippen LogP contribution in [0, 0.1) is 17.1 Å². The van der Waals surface area contributed by atoms with E-state index in [-0.39, 0.29) is 23.2 Å². The number of nitriles is 1. The first kappa shape index (κ1) is 25.7. The molecule has 10 heteroatoms. The predicted octanol–water partition coefficient (Wildman–Crippen LogP) is 5.83. The molecule has 3 aromatic heterocycles. The van der Waals surface area contributed by atoms with Gasteiger partial charge < -0.3 is 19.1 Å². The largest absolute Gasteiger partial charge is 0.477 e. The Hall–Kier alpha value is -4.59. The van der Waals surface area contributed by atoms with Gasteiger partial charge >= 0.3 is 5.97 Å². The number of carbonyl (C=O) groups is 1. The maximum atomic E-state index is 14.2. The fourth-order valence-corrected chi connectivity index (χ4v) is 5.45. The zero-order valence-corrected chi connectivity index (χ0v) is 22.0. The van der Waals surface area contributed by atoms with Crippen LogP contribution in [-0.2, 0) is 24.3 Å². The Kier molecular flexibility index (Phi) is 6.99. The van der Waals surface area contributed by atoms with E-state index >= 15 is 0 Å². The van der Waals surface area contributed by atoms with Crippen molar-refractivity contribution in [1.29, 1.82) is 5.26 Å². The smallest absolute Gasteiger partial charge is 0.346 e. The van der Waals surface area contributed by atoms with Crippen molar-refractivity contribution in [3.8, 4) is 23.2 Å². The highest BCUT2D eigenvalue weighted by Gasteiger charge is 2.24. The minimum Gasteiger partial charge on any atom is -0.477 e. The maximum Gasteiger partial charge on any atom is 0.346 e. The minimum absolute atomic E-state index is 0.00309. The van der Waals surface area contributed by atoms with Gasteiger partial charge in [0, 0.05) is 30.2 Å². The van der Waals surface area contributed by atoms with Crippen molar-refractivity contribution in [1.82, 2.24) is 14.5 Å². The highest BCUT2D eigenvalue weighted by molar-refractivity contribution is 7.20. The Balaban J connectivity index is 1.18. The molecular weight excluding hydrogens is 531 g/mol. The molecule has 1 aliphatic heterocycles. The highest BCUT2D eigenvalue weighted by Crippen LogP contribution is 2.30. The summed E-state index contributed by atoms with van der Waals surface area (Å²) in [6.45, 7) is 1.38. The molecule has 1 N–H and O–H groups in total. The fourth-order valence-electron chi connectivity index (χ4n) is 4.56. The van der Waals surface area contributed by atoms with Gasteiger partial charge in [0.1, 0.15) is 28.0 Å². The van der Waals surface area contributed by atoms with Gasteiger partial charge in [-0.05, 0) is 36.2 Å². The van der Waals surface area contributed by atoms with Crippen molar-refractivity contribution in [2.45, 2.75) is 32.1 Å². The molecule has 1 atom stereocenters. The van der Waals surface area contributed by atoms with E-state index in [1.165, 1.54) is 23.5 Å². The van der Waals surface area contributed by atoms with Crippen molar-refractivity contribution in [3.63, 3.8) is 0 Å². The molecule has 1 aliphatic rings. The molecule has 5 aromatic rings. The second-order valence-corrected chi connectivity index (χ2v) is 10.5. The average Bonchev–Trinajstić information content (AvgIpc) is 3.49. The second-order valence-electron chi connectivity index (χ2n) is 9.47. The molecule has 200 valence electrons. The number of aromatic carboxylic acids is 1. The third-order valence-electron chi connectivity index (χ3n) is 6.81. The van der Waals surface area contributed by atoms with E-state index in [0.29, 0.717) is 29.2 Å². The van der Waals surface area contributed by atoms with Crippen LogP contribution in [0.1, 0.15) is 38.6 Å². The van der Waals surface area contributed by atoms with Crippen molar-refractivity contribution < 1.29 is 23.8 Å². The number of nitrogens with zero attached hydrogens (tertiary/aromatic N) is 4. The van der Waals surface area contributed by atoms with E-state index in [1.807, 2.05) is 42.5 Å². The van der Waals surface area contributed by atoms with E-state index in [4.69, 9.17) is 19.7 Å². The molecule has 40 heavy (non-hydrogen) atoms. The van der Waals surface area contributed by atoms with Gasteiger partial charge in [0.15, 0.2) is 0 Å². The molecule has 0 saturated carbocycles. The number of hydrogen-bond donors (Lipinski definition) is 1. The Morgan fingerprint density at radius 2 is 2.00 bits per heavy atom. The van der Waals surface area contributed by atoms with Crippen molar-refractivity contribution in [3.05, 3.63) is 99.9 Å². The number of fused-ring (bicyclic) bond motifs is 1. The first-order chi connectivity index (χ1) is 19.5. The molecule has 0 bridgehead atoms. The van der Waals surface area contributed by atoms with Crippen LogP contribution < -0.4 is 4.74 Å². The summed E-state index contributed by atoms with van der Waals surface area (Å²) in [5.74, 6) is -0.207. The minimum atomic E-state index is -0.948. The summed E-state index contributed by atoms with van der Waals surface area (Å²) in [5.41, 5.74) is 4.10. The Morgan fingerprint density at radius 3 is 2.70 bits per heavy atom. The van der Waals surface area contributed by atoms with Gasteiger partial charge in [-0.15, -0.1) is 11.3 Å². The van der Waals surface area contributed by atoms with Crippen LogP contribution in [-0.4, -0.2) is 38.3 Å². The number of imidazole rings is 1. The zero-order valence-electron chi connectivity index (χ0n) is 21.2. The van der Waals surface area contributed by atoms with Crippen LogP contribution in [0.15, 0.2) is 66.7 Å². The fraction of sp³-hybridized carbons (Fsp3) is 0.200. The van der Waals surface area contributed by atoms with Crippen LogP contribution in [0.5, 0.6) is 5.88 Å². The molecule has 8 nitrogen and oxygen atoms in total. The van der Waals surface area contributed by atoms with E-state index in [0.717, 1.165) is 41.2 Å². The summed E-state index contributed by atoms with van der Waals surface area (Å²) in [4.78, 5) is 21.8. The molecule has 2 aromatic carbocycles. The van der Waals surface area contributed by atoms with E-state index in [1.54, 1.807) is 18.2 Å². The molecule has 6 rings (SSSR count). The molecule has 1 fully saturated rings. The Morgan fingerprint density at radius 1 is 1.18 bits per heavy atom. The molecule has 1 unspecified atom stereocenters. The lowest BCUT2D eigenvalue weighted by Gasteiger charge is -2.27. The molecule has 4 heterocycles. The summed E-state index contributed by atoms with van der Waals surface area (Å²) < 4.78 is 27.6. The first-order valence-corrected chi connectivity index (χ1v) is 13.5. The topological polar surface area (TPSA) is 110 Å². The van der Waals surface area contributed by atoms with Crippen LogP contribution in [0.4, 0.5) is 4.39 Å². The van der Waals surface area contributed by atoms with Crippen molar-refractivity contribution >= 4 is 27.7 Å². The number of rotatable bonds is 9. The number of carboxylic acid groups (broad SMARTS) is 1. The standard InChI is InChI=1S/C30H23FN4O4S/c31-23-12-19(15-32)6-9-21(23)17-39-28-3-1-2-24(33-28)20-7-4-18(5-8-20)13-27-34-29-25(14-26(40-29)30(36)37)35(27)16-22-10-11-38-22/h1-9,12,14,22H,10-11,13,16-17H2,(H,36,37). The number of hydrogen-bond acceptors (Lipinski definition) is 7. The number of carboxylic acids is 1. The molecule has 0 radical (unpaired) electrons. The average molecular weight is 555 g/mol. The predicted molar refractivity (Wildman–Crippen MR) is 147 cm³/mol. The van der Waals surface area contributed by atoms with E-state index < -0.39 is 11.8 Å². The lowest BCUT2D eigenvalue weighted by Crippen LogP contribution is -2.31. The Labute approximate surface area is 232 Å². The van der Waals surface area contributed by atoms with Crippen molar-refractivity contribution in [2.75, 3.05) is 6.61 Å². The molecular formula is C30H23FN4O4S. The molecule has 1 saturated heterocycles. The number of benzene rings is 2. The van der Waals surface area contributed by atoms with Crippen LogP contribution >= 0.6 is 11.3 Å². The lowest BCUT2D eigenvalue weighted by molar-refractivity contribution is -0.0589. The van der Waals surface area contributed by atoms with Crippen LogP contribution in [0.2, 0.25) is 0 Å². The monoisotopic (exact) mass is 554 g/mol. The highest BCUT2D eigenvalue weighted by atomic mass is 32.1. The quantitative estimate of drug-likeness (QED) is 0.244. The number of pyridine rings is 1. The van der Waals surface area contributed by atoms with Gasteiger partial charge in [-0.3, -0.25) is 0 Å². The van der Waals surface area contributed by atoms with Crippen LogP contribution in [0.25, 0.3) is 21.6 Å². The maximum absolute atomic E-state index is 14.2. The number of ether oxygens (including phenoxy) is 2. The first-order valence-electron chi connectivity index (χ1n) is 12.7. The molecule has 0 aliphatic carbocycles. The van der Waals surface area contributed by atoms with Gasteiger partial charge in [-0.25, -0.2) is 19.2 Å². The van der Waals surface area contributed by atoms with Crippen molar-refractivity contribution in [2.24, 2.45) is 0 Å². The summed E-state index contributed by atoms with van der Waals surface area (Å²) in [6, 6.07) is 21.3. The summed E-state index contributed by atoms with van der Waals surface area (Å²) >= 11 is 1.18. The summed E-state index contributed by atoms with van der Waals surface area (Å²) in [7, 11) is 0. The summed E-state index contributed by atoms with van der Waals surface area (Å²) in [6.07, 6.45) is 1.67.